The molecule has 122 valence electrons. The first-order valence-corrected chi connectivity index (χ1v) is 6.82. The quantitative estimate of drug-likeness (QED) is 0.666. The highest BCUT2D eigenvalue weighted by atomic mass is 16.5. The van der Waals surface area contributed by atoms with Crippen LogP contribution in [0.1, 0.15) is 15.9 Å². The molecule has 0 bridgehead atoms. The van der Waals surface area contributed by atoms with Crippen LogP contribution in [-0.2, 0) is 4.74 Å². The number of benzene rings is 2. The number of phenols is 2. The Bertz CT molecular complexity index is 751. The number of carbonyl (C=O) groups is 1. The molecule has 0 saturated heterocycles. The summed E-state index contributed by atoms with van der Waals surface area (Å²) in [5, 5.41) is 20.9. The normalized spacial score (nSPS) is 10.3. The van der Waals surface area contributed by atoms with Crippen LogP contribution >= 0.6 is 0 Å². The van der Waals surface area contributed by atoms with Crippen molar-refractivity contribution < 1.29 is 29.2 Å². The maximum absolute atomic E-state index is 12.0. The van der Waals surface area contributed by atoms with Crippen molar-refractivity contribution in [2.24, 2.45) is 0 Å². The van der Waals surface area contributed by atoms with Gasteiger partial charge in [0.05, 0.1) is 26.9 Å². The van der Waals surface area contributed by atoms with Crippen molar-refractivity contribution in [3.63, 3.8) is 0 Å². The monoisotopic (exact) mass is 318 g/mol. The van der Waals surface area contributed by atoms with E-state index in [1.807, 2.05) is 0 Å². The Labute approximate surface area is 133 Å². The van der Waals surface area contributed by atoms with Gasteiger partial charge in [0.25, 0.3) is 0 Å². The smallest absolute Gasteiger partial charge is 0.338 e. The molecular formula is C17H18O6. The molecule has 2 aromatic carbocycles. The molecule has 6 nitrogen and oxygen atoms in total. The van der Waals surface area contributed by atoms with Crippen LogP contribution < -0.4 is 9.47 Å². The van der Waals surface area contributed by atoms with Crippen molar-refractivity contribution in [3.8, 4) is 34.1 Å². The van der Waals surface area contributed by atoms with Crippen LogP contribution in [0.15, 0.2) is 24.3 Å². The van der Waals surface area contributed by atoms with E-state index >= 15 is 0 Å². The number of esters is 1. The van der Waals surface area contributed by atoms with Gasteiger partial charge in [-0.1, -0.05) is 18.2 Å². The molecule has 2 rings (SSSR count). The van der Waals surface area contributed by atoms with E-state index in [1.165, 1.54) is 21.3 Å². The van der Waals surface area contributed by atoms with E-state index < -0.39 is 5.97 Å². The van der Waals surface area contributed by atoms with Crippen molar-refractivity contribution in [2.75, 3.05) is 21.3 Å². The third kappa shape index (κ3) is 2.63. The van der Waals surface area contributed by atoms with Gasteiger partial charge in [-0.25, -0.2) is 4.79 Å². The molecule has 6 heteroatoms. The van der Waals surface area contributed by atoms with Gasteiger partial charge >= 0.3 is 5.97 Å². The molecule has 0 radical (unpaired) electrons. The van der Waals surface area contributed by atoms with Crippen LogP contribution in [0.3, 0.4) is 0 Å². The number of hydrogen-bond donors (Lipinski definition) is 2. The summed E-state index contributed by atoms with van der Waals surface area (Å²) in [4.78, 5) is 12.0. The minimum atomic E-state index is -0.548. The van der Waals surface area contributed by atoms with Gasteiger partial charge in [0.15, 0.2) is 11.5 Å². The van der Waals surface area contributed by atoms with Gasteiger partial charge in [0, 0.05) is 16.7 Å². The van der Waals surface area contributed by atoms with Crippen LogP contribution in [0.25, 0.3) is 11.1 Å². The van der Waals surface area contributed by atoms with Gasteiger partial charge in [-0.05, 0) is 13.0 Å². The zero-order chi connectivity index (χ0) is 17.1. The van der Waals surface area contributed by atoms with Crippen LogP contribution in [0.4, 0.5) is 0 Å². The molecule has 0 saturated carbocycles. The summed E-state index contributed by atoms with van der Waals surface area (Å²) < 4.78 is 15.0. The summed E-state index contributed by atoms with van der Waals surface area (Å²) in [6, 6.07) is 6.63. The molecule has 0 aliphatic heterocycles. The molecule has 0 aliphatic rings. The number of rotatable bonds is 4. The number of aromatic hydroxyl groups is 2. The Kier molecular flexibility index (Phi) is 4.64. The Balaban J connectivity index is 2.85. The second kappa shape index (κ2) is 6.48. The van der Waals surface area contributed by atoms with E-state index in [0.29, 0.717) is 11.1 Å². The molecule has 2 aromatic rings. The average molecular weight is 318 g/mol. The lowest BCUT2D eigenvalue weighted by molar-refractivity contribution is 0.0601. The van der Waals surface area contributed by atoms with Crippen molar-refractivity contribution in [2.45, 2.75) is 6.92 Å². The topological polar surface area (TPSA) is 85.2 Å². The van der Waals surface area contributed by atoms with Gasteiger partial charge in [-0.15, -0.1) is 0 Å². The number of methoxy groups -OCH3 is 3. The predicted molar refractivity (Wildman–Crippen MR) is 84.4 cm³/mol. The maximum atomic E-state index is 12.0. The number of carbonyl (C=O) groups excluding carboxylic acids is 1. The van der Waals surface area contributed by atoms with Gasteiger partial charge in [0.2, 0.25) is 11.5 Å². The zero-order valence-corrected chi connectivity index (χ0v) is 13.3. The lowest BCUT2D eigenvalue weighted by Gasteiger charge is -2.19. The maximum Gasteiger partial charge on any atom is 0.338 e. The third-order valence-electron chi connectivity index (χ3n) is 3.61. The molecule has 0 unspecified atom stereocenters. The molecule has 0 heterocycles. The summed E-state index contributed by atoms with van der Waals surface area (Å²) >= 11 is 0. The molecule has 0 fully saturated rings. The predicted octanol–water partition coefficient (Wildman–Crippen LogP) is 2.88. The van der Waals surface area contributed by atoms with Crippen molar-refractivity contribution in [1.82, 2.24) is 0 Å². The van der Waals surface area contributed by atoms with Gasteiger partial charge in [-0.3, -0.25) is 0 Å². The molecule has 0 atom stereocenters. The van der Waals surface area contributed by atoms with Crippen molar-refractivity contribution >= 4 is 5.97 Å². The van der Waals surface area contributed by atoms with Gasteiger partial charge in [-0.2, -0.15) is 0 Å². The number of ether oxygens (including phenoxy) is 3. The molecule has 0 aliphatic carbocycles. The fourth-order valence-electron chi connectivity index (χ4n) is 2.49. The minimum Gasteiger partial charge on any atom is -0.504 e. The van der Waals surface area contributed by atoms with E-state index in [0.717, 1.165) is 0 Å². The second-order valence-electron chi connectivity index (χ2n) is 4.80. The Morgan fingerprint density at radius 1 is 0.957 bits per heavy atom. The highest BCUT2D eigenvalue weighted by Crippen LogP contribution is 2.52. The minimum absolute atomic E-state index is 0.00901. The number of phenolic OH excluding ortho intramolecular Hbond substituents is 2. The van der Waals surface area contributed by atoms with Crippen molar-refractivity contribution in [3.05, 3.63) is 35.4 Å². The molecule has 0 spiro atoms. The first-order chi connectivity index (χ1) is 11.0. The van der Waals surface area contributed by atoms with Crippen LogP contribution in [0.5, 0.6) is 23.0 Å². The first-order valence-electron chi connectivity index (χ1n) is 6.82. The van der Waals surface area contributed by atoms with Crippen LogP contribution in [0.2, 0.25) is 0 Å². The Morgan fingerprint density at radius 2 is 1.52 bits per heavy atom. The van der Waals surface area contributed by atoms with E-state index in [1.54, 1.807) is 31.2 Å². The second-order valence-corrected chi connectivity index (χ2v) is 4.80. The van der Waals surface area contributed by atoms with E-state index in [9.17, 15) is 15.0 Å². The highest BCUT2D eigenvalue weighted by Gasteiger charge is 2.26. The molecule has 0 aromatic heterocycles. The largest absolute Gasteiger partial charge is 0.504 e. The third-order valence-corrected chi connectivity index (χ3v) is 3.61. The molecule has 0 amide bonds. The van der Waals surface area contributed by atoms with Crippen LogP contribution in [0, 0.1) is 6.92 Å². The Morgan fingerprint density at radius 3 is 2.09 bits per heavy atom. The molecule has 2 N–H and O–H groups in total. The highest BCUT2D eigenvalue weighted by molar-refractivity contribution is 5.99. The fraction of sp³-hybridized carbons (Fsp3) is 0.235. The van der Waals surface area contributed by atoms with Gasteiger partial charge in [0.1, 0.15) is 0 Å². The zero-order valence-electron chi connectivity index (χ0n) is 13.3. The van der Waals surface area contributed by atoms with E-state index in [4.69, 9.17) is 14.2 Å². The Hall–Kier alpha value is -2.89. The SMILES string of the molecule is COC(=O)c1ccccc1-c1c(C)c(O)c(OC)c(OC)c1O. The average Bonchev–Trinajstić information content (AvgIpc) is 2.57. The lowest BCUT2D eigenvalue weighted by Crippen LogP contribution is -2.04. The van der Waals surface area contributed by atoms with Crippen LogP contribution in [-0.4, -0.2) is 37.5 Å². The van der Waals surface area contributed by atoms with E-state index in [2.05, 4.69) is 0 Å². The number of hydrogen-bond acceptors (Lipinski definition) is 6. The summed E-state index contributed by atoms with van der Waals surface area (Å²) in [6.45, 7) is 1.61. The standard InChI is InChI=1S/C17H18O6/c1-9-12(10-7-5-6-8-11(10)17(20)23-4)14(19)16(22-3)15(21-2)13(9)18/h5-8,18-19H,1-4H3. The summed E-state index contributed by atoms with van der Waals surface area (Å²) in [5.41, 5.74) is 1.32. The summed E-state index contributed by atoms with van der Waals surface area (Å²) in [6.07, 6.45) is 0. The van der Waals surface area contributed by atoms with Crippen molar-refractivity contribution in [1.29, 1.82) is 0 Å². The fourth-order valence-corrected chi connectivity index (χ4v) is 2.49. The first kappa shape index (κ1) is 16.5. The molecule has 23 heavy (non-hydrogen) atoms. The van der Waals surface area contributed by atoms with E-state index in [-0.39, 0.29) is 34.1 Å². The summed E-state index contributed by atoms with van der Waals surface area (Å²) in [7, 11) is 3.98. The lowest BCUT2D eigenvalue weighted by atomic mass is 9.93. The molecular weight excluding hydrogens is 300 g/mol. The van der Waals surface area contributed by atoms with Gasteiger partial charge < -0.3 is 24.4 Å². The summed E-state index contributed by atoms with van der Waals surface area (Å²) in [5.74, 6) is -0.923.